The van der Waals surface area contributed by atoms with Crippen LogP contribution in [0, 0.1) is 0 Å². The Morgan fingerprint density at radius 1 is 1.09 bits per heavy atom. The molecule has 7 nitrogen and oxygen atoms in total. The van der Waals surface area contributed by atoms with Crippen LogP contribution in [0.3, 0.4) is 0 Å². The smallest absolute Gasteiger partial charge is 0.347 e. The molecule has 34 heavy (non-hydrogen) atoms. The van der Waals surface area contributed by atoms with Gasteiger partial charge in [-0.15, -0.1) is 0 Å². The fourth-order valence-corrected chi connectivity index (χ4v) is 4.38. The van der Waals surface area contributed by atoms with Gasteiger partial charge in [0.25, 0.3) is 0 Å². The number of benzene rings is 3. The summed E-state index contributed by atoms with van der Waals surface area (Å²) in [7, 11) is 0. The van der Waals surface area contributed by atoms with Crippen molar-refractivity contribution in [3.8, 4) is 17.2 Å². The number of esters is 1. The van der Waals surface area contributed by atoms with Gasteiger partial charge in [-0.2, -0.15) is 0 Å². The maximum Gasteiger partial charge on any atom is 0.347 e. The summed E-state index contributed by atoms with van der Waals surface area (Å²) < 4.78 is 11.9. The van der Waals surface area contributed by atoms with Crippen molar-refractivity contribution in [1.82, 2.24) is 0 Å². The van der Waals surface area contributed by atoms with Crippen LogP contribution in [0.5, 0.6) is 17.2 Å². The molecule has 0 aliphatic carbocycles. The zero-order valence-corrected chi connectivity index (χ0v) is 21.7. The number of halogens is 3. The molecular formula is C24H18Br2ClNO6. The van der Waals surface area contributed by atoms with Crippen LogP contribution < -0.4 is 4.74 Å². The first-order valence-corrected chi connectivity index (χ1v) is 11.9. The van der Waals surface area contributed by atoms with E-state index in [0.29, 0.717) is 36.6 Å². The maximum atomic E-state index is 12.9. The summed E-state index contributed by atoms with van der Waals surface area (Å²) in [6, 6.07) is 14.3. The molecule has 0 saturated carbocycles. The Morgan fingerprint density at radius 2 is 1.82 bits per heavy atom. The number of ether oxygens (including phenoxy) is 2. The Bertz CT molecular complexity index is 1220. The SMILES string of the molecule is CCOC(=O)CON=Cc1cc(Br)c(Oc2ccc(O)c(C(=O)c3cccc(Cl)c3)c2)c(Br)c1. The second-order valence-corrected chi connectivity index (χ2v) is 8.89. The molecule has 3 aromatic rings. The van der Waals surface area contributed by atoms with Crippen molar-refractivity contribution < 1.29 is 29.0 Å². The van der Waals surface area contributed by atoms with E-state index in [4.69, 9.17) is 25.9 Å². The van der Waals surface area contributed by atoms with E-state index < -0.39 is 11.8 Å². The van der Waals surface area contributed by atoms with E-state index in [-0.39, 0.29) is 24.5 Å². The van der Waals surface area contributed by atoms with Crippen LogP contribution in [0.2, 0.25) is 5.02 Å². The van der Waals surface area contributed by atoms with Crippen molar-refractivity contribution in [2.24, 2.45) is 5.16 Å². The molecule has 0 aliphatic rings. The van der Waals surface area contributed by atoms with Gasteiger partial charge in [-0.05, 0) is 86.8 Å². The van der Waals surface area contributed by atoms with Crippen molar-refractivity contribution in [3.05, 3.63) is 85.3 Å². The summed E-state index contributed by atoms with van der Waals surface area (Å²) in [6.45, 7) is 1.69. The minimum absolute atomic E-state index is 0.0783. The number of carbonyl (C=O) groups is 2. The first-order valence-electron chi connectivity index (χ1n) is 9.89. The molecule has 0 radical (unpaired) electrons. The number of hydrogen-bond donors (Lipinski definition) is 1. The average Bonchev–Trinajstić information content (AvgIpc) is 2.80. The predicted molar refractivity (Wildman–Crippen MR) is 135 cm³/mol. The summed E-state index contributed by atoms with van der Waals surface area (Å²) in [5.41, 5.74) is 1.09. The third-order valence-corrected chi connectivity index (χ3v) is 5.72. The highest BCUT2D eigenvalue weighted by Crippen LogP contribution is 2.38. The number of ketones is 1. The van der Waals surface area contributed by atoms with E-state index in [9.17, 15) is 14.7 Å². The number of hydrogen-bond acceptors (Lipinski definition) is 7. The maximum absolute atomic E-state index is 12.9. The van der Waals surface area contributed by atoms with Gasteiger partial charge in [-0.25, -0.2) is 4.79 Å². The lowest BCUT2D eigenvalue weighted by Crippen LogP contribution is -2.10. The first-order chi connectivity index (χ1) is 16.3. The summed E-state index contributed by atoms with van der Waals surface area (Å²) >= 11 is 12.9. The molecule has 10 heteroatoms. The van der Waals surface area contributed by atoms with E-state index in [1.165, 1.54) is 24.4 Å². The summed E-state index contributed by atoms with van der Waals surface area (Å²) in [4.78, 5) is 29.0. The number of aromatic hydroxyl groups is 1. The Hall–Kier alpha value is -2.88. The molecule has 3 aromatic carbocycles. The second kappa shape index (κ2) is 12.0. The largest absolute Gasteiger partial charge is 0.507 e. The molecule has 0 fully saturated rings. The van der Waals surface area contributed by atoms with Gasteiger partial charge in [0, 0.05) is 10.6 Å². The van der Waals surface area contributed by atoms with Crippen LogP contribution >= 0.6 is 43.5 Å². The molecule has 0 saturated heterocycles. The van der Waals surface area contributed by atoms with Crippen molar-refractivity contribution in [2.45, 2.75) is 6.92 Å². The highest BCUT2D eigenvalue weighted by Gasteiger charge is 2.17. The molecule has 0 aliphatic heterocycles. The third-order valence-electron chi connectivity index (χ3n) is 4.30. The lowest BCUT2D eigenvalue weighted by atomic mass is 10.0. The highest BCUT2D eigenvalue weighted by atomic mass is 79.9. The molecular weight excluding hydrogens is 594 g/mol. The van der Waals surface area contributed by atoms with Crippen molar-refractivity contribution in [1.29, 1.82) is 0 Å². The Kier molecular flexibility index (Phi) is 9.09. The van der Waals surface area contributed by atoms with E-state index in [2.05, 4.69) is 37.0 Å². The fourth-order valence-electron chi connectivity index (χ4n) is 2.81. The van der Waals surface area contributed by atoms with Gasteiger partial charge in [0.15, 0.2) is 11.5 Å². The molecule has 0 heterocycles. The molecule has 0 bridgehead atoms. The molecule has 0 unspecified atom stereocenters. The van der Waals surface area contributed by atoms with Gasteiger partial charge in [-0.1, -0.05) is 28.9 Å². The van der Waals surface area contributed by atoms with E-state index in [1.54, 1.807) is 43.3 Å². The Balaban J connectivity index is 1.77. The second-order valence-electron chi connectivity index (χ2n) is 6.75. The molecule has 0 atom stereocenters. The van der Waals surface area contributed by atoms with Gasteiger partial charge in [0.2, 0.25) is 6.61 Å². The number of nitrogens with zero attached hydrogens (tertiary/aromatic N) is 1. The molecule has 0 spiro atoms. The molecule has 0 aromatic heterocycles. The zero-order valence-electron chi connectivity index (χ0n) is 17.8. The van der Waals surface area contributed by atoms with Gasteiger partial charge in [0.05, 0.1) is 27.3 Å². The number of rotatable bonds is 9. The zero-order chi connectivity index (χ0) is 24.7. The summed E-state index contributed by atoms with van der Waals surface area (Å²) in [5.74, 6) is -0.295. The standard InChI is InChI=1S/C24H18Br2ClNO6/c1-2-32-22(30)13-33-28-12-14-8-19(25)24(20(26)9-14)34-17-6-7-21(29)18(11-17)23(31)15-4-3-5-16(27)10-15/h3-12,29H,2,13H2,1H3. The van der Waals surface area contributed by atoms with E-state index in [0.717, 1.165) is 0 Å². The van der Waals surface area contributed by atoms with Gasteiger partial charge in [-0.3, -0.25) is 4.79 Å². The number of carbonyl (C=O) groups excluding carboxylic acids is 2. The number of oxime groups is 1. The van der Waals surface area contributed by atoms with Crippen LogP contribution in [-0.4, -0.2) is 36.3 Å². The van der Waals surface area contributed by atoms with Gasteiger partial charge < -0.3 is 19.4 Å². The Morgan fingerprint density at radius 3 is 2.50 bits per heavy atom. The van der Waals surface area contributed by atoms with Crippen LogP contribution in [-0.2, 0) is 14.4 Å². The van der Waals surface area contributed by atoms with Crippen LogP contribution in [0.15, 0.2) is 68.7 Å². The molecule has 176 valence electrons. The van der Waals surface area contributed by atoms with Crippen LogP contribution in [0.4, 0.5) is 0 Å². The van der Waals surface area contributed by atoms with Crippen LogP contribution in [0.1, 0.15) is 28.4 Å². The van der Waals surface area contributed by atoms with Gasteiger partial charge in [0.1, 0.15) is 11.5 Å². The van der Waals surface area contributed by atoms with Crippen LogP contribution in [0.25, 0.3) is 0 Å². The molecule has 0 amide bonds. The van der Waals surface area contributed by atoms with E-state index >= 15 is 0 Å². The van der Waals surface area contributed by atoms with Crippen molar-refractivity contribution >= 4 is 61.4 Å². The van der Waals surface area contributed by atoms with Crippen molar-refractivity contribution in [2.75, 3.05) is 13.2 Å². The molecule has 1 N–H and O–H groups in total. The third kappa shape index (κ3) is 6.82. The fraction of sp³-hybridized carbons (Fsp3) is 0.125. The summed E-state index contributed by atoms with van der Waals surface area (Å²) in [5, 5.41) is 14.4. The quantitative estimate of drug-likeness (QED) is 0.128. The minimum Gasteiger partial charge on any atom is -0.507 e. The average molecular weight is 612 g/mol. The predicted octanol–water partition coefficient (Wildman–Crippen LogP) is 6.51. The monoisotopic (exact) mass is 609 g/mol. The highest BCUT2D eigenvalue weighted by molar-refractivity contribution is 9.11. The topological polar surface area (TPSA) is 94.4 Å². The normalized spacial score (nSPS) is 10.8. The number of phenols is 1. The lowest BCUT2D eigenvalue weighted by Gasteiger charge is -2.13. The first kappa shape index (κ1) is 25.7. The number of phenolic OH excluding ortho intramolecular Hbond substituents is 1. The van der Waals surface area contributed by atoms with E-state index in [1.807, 2.05) is 0 Å². The van der Waals surface area contributed by atoms with Crippen molar-refractivity contribution in [3.63, 3.8) is 0 Å². The summed E-state index contributed by atoms with van der Waals surface area (Å²) in [6.07, 6.45) is 1.43. The lowest BCUT2D eigenvalue weighted by molar-refractivity contribution is -0.148. The molecule has 3 rings (SSSR count). The van der Waals surface area contributed by atoms with Gasteiger partial charge >= 0.3 is 5.97 Å². The minimum atomic E-state index is -0.507. The Labute approximate surface area is 217 Å².